The summed E-state index contributed by atoms with van der Waals surface area (Å²) in [4.78, 5) is 15.2. The maximum absolute atomic E-state index is 10.8. The first-order valence-electron chi connectivity index (χ1n) is 7.50. The Balaban J connectivity index is 1.92. The van der Waals surface area contributed by atoms with Gasteiger partial charge in [-0.3, -0.25) is 19.9 Å². The molecule has 1 atom stereocenters. The van der Waals surface area contributed by atoms with Crippen LogP contribution in [0.25, 0.3) is 0 Å². The molecule has 0 bridgehead atoms. The minimum Gasteiger partial charge on any atom is -0.393 e. The van der Waals surface area contributed by atoms with Crippen LogP contribution in [0.1, 0.15) is 25.8 Å². The number of nitro benzene ring substituents is 1. The predicted molar refractivity (Wildman–Crippen MR) is 84.1 cm³/mol. The van der Waals surface area contributed by atoms with E-state index in [0.717, 1.165) is 38.3 Å². The van der Waals surface area contributed by atoms with Crippen LogP contribution in [0, 0.1) is 10.1 Å². The lowest BCUT2D eigenvalue weighted by atomic mass is 10.1. The van der Waals surface area contributed by atoms with E-state index in [4.69, 9.17) is 5.73 Å². The smallest absolute Gasteiger partial charge is 0.292 e. The molecule has 0 spiro atoms. The minimum atomic E-state index is -0.440. The first-order chi connectivity index (χ1) is 10.0. The highest BCUT2D eigenvalue weighted by molar-refractivity contribution is 5.59. The van der Waals surface area contributed by atoms with E-state index < -0.39 is 4.92 Å². The Morgan fingerprint density at radius 2 is 2.00 bits per heavy atom. The highest BCUT2D eigenvalue weighted by Crippen LogP contribution is 2.23. The highest BCUT2D eigenvalue weighted by atomic mass is 16.6. The fraction of sp³-hybridized carbons (Fsp3) is 0.600. The van der Waals surface area contributed by atoms with Crippen molar-refractivity contribution < 1.29 is 4.92 Å². The summed E-state index contributed by atoms with van der Waals surface area (Å²) < 4.78 is 0. The zero-order valence-electron chi connectivity index (χ0n) is 12.8. The van der Waals surface area contributed by atoms with Gasteiger partial charge >= 0.3 is 0 Å². The number of benzene rings is 1. The van der Waals surface area contributed by atoms with Gasteiger partial charge in [0.2, 0.25) is 0 Å². The maximum atomic E-state index is 10.8. The third kappa shape index (κ3) is 3.92. The Labute approximate surface area is 125 Å². The van der Waals surface area contributed by atoms with Crippen LogP contribution >= 0.6 is 0 Å². The number of piperazine rings is 1. The molecule has 6 heteroatoms. The lowest BCUT2D eigenvalue weighted by molar-refractivity contribution is -0.383. The average molecular weight is 292 g/mol. The van der Waals surface area contributed by atoms with Crippen LogP contribution in [0.5, 0.6) is 0 Å². The van der Waals surface area contributed by atoms with Crippen LogP contribution in [0.15, 0.2) is 18.2 Å². The number of nitrogens with zero attached hydrogens (tertiary/aromatic N) is 3. The minimum absolute atomic E-state index is 0.0136. The van der Waals surface area contributed by atoms with Crippen LogP contribution in [0.2, 0.25) is 0 Å². The van der Waals surface area contributed by atoms with E-state index in [1.807, 2.05) is 0 Å². The molecule has 0 amide bonds. The molecule has 1 heterocycles. The van der Waals surface area contributed by atoms with E-state index >= 15 is 0 Å². The van der Waals surface area contributed by atoms with Gasteiger partial charge in [-0.15, -0.1) is 0 Å². The summed E-state index contributed by atoms with van der Waals surface area (Å²) in [5, 5.41) is 10.8. The van der Waals surface area contributed by atoms with Crippen molar-refractivity contribution in [3.05, 3.63) is 33.9 Å². The molecule has 116 valence electrons. The standard InChI is InChI=1S/C15H24N4O2/c1-3-12(2)18-8-6-17(7-9-18)11-13-4-5-15(19(20)21)14(16)10-13/h4-5,10,12H,3,6-9,11,16H2,1-2H3. The fourth-order valence-electron chi connectivity index (χ4n) is 2.75. The fourth-order valence-corrected chi connectivity index (χ4v) is 2.75. The summed E-state index contributed by atoms with van der Waals surface area (Å²) in [6.45, 7) is 9.51. The molecular weight excluding hydrogens is 268 g/mol. The van der Waals surface area contributed by atoms with Crippen molar-refractivity contribution in [2.75, 3.05) is 31.9 Å². The van der Waals surface area contributed by atoms with Gasteiger partial charge in [0, 0.05) is 44.8 Å². The largest absolute Gasteiger partial charge is 0.393 e. The van der Waals surface area contributed by atoms with Gasteiger partial charge in [-0.2, -0.15) is 0 Å². The predicted octanol–water partition coefficient (Wildman–Crippen LogP) is 2.09. The third-order valence-electron chi connectivity index (χ3n) is 4.32. The molecule has 1 saturated heterocycles. The number of hydrogen-bond donors (Lipinski definition) is 1. The topological polar surface area (TPSA) is 75.6 Å². The van der Waals surface area contributed by atoms with Crippen molar-refractivity contribution in [2.24, 2.45) is 0 Å². The van der Waals surface area contributed by atoms with Crippen molar-refractivity contribution in [3.63, 3.8) is 0 Å². The molecule has 0 aromatic heterocycles. The molecule has 2 N–H and O–H groups in total. The van der Waals surface area contributed by atoms with Crippen LogP contribution in [-0.2, 0) is 6.54 Å². The molecule has 6 nitrogen and oxygen atoms in total. The third-order valence-corrected chi connectivity index (χ3v) is 4.32. The zero-order chi connectivity index (χ0) is 15.4. The van der Waals surface area contributed by atoms with Gasteiger partial charge in [-0.1, -0.05) is 13.0 Å². The lowest BCUT2D eigenvalue weighted by Gasteiger charge is -2.37. The number of rotatable bonds is 5. The van der Waals surface area contributed by atoms with Gasteiger partial charge in [0.1, 0.15) is 5.69 Å². The van der Waals surface area contributed by atoms with E-state index in [1.54, 1.807) is 12.1 Å². The van der Waals surface area contributed by atoms with E-state index in [-0.39, 0.29) is 11.4 Å². The van der Waals surface area contributed by atoms with E-state index in [0.29, 0.717) is 6.04 Å². The Morgan fingerprint density at radius 1 is 1.33 bits per heavy atom. The van der Waals surface area contributed by atoms with Crippen LogP contribution in [0.4, 0.5) is 11.4 Å². The number of nitro groups is 1. The number of anilines is 1. The summed E-state index contributed by atoms with van der Waals surface area (Å²) >= 11 is 0. The Kier molecular flexibility index (Phi) is 5.14. The Bertz CT molecular complexity index is 498. The van der Waals surface area contributed by atoms with Crippen LogP contribution < -0.4 is 5.73 Å². The molecule has 1 aliphatic heterocycles. The van der Waals surface area contributed by atoms with Gasteiger partial charge < -0.3 is 5.73 Å². The molecule has 1 aromatic carbocycles. The van der Waals surface area contributed by atoms with E-state index in [2.05, 4.69) is 23.6 Å². The Hall–Kier alpha value is -1.66. The van der Waals surface area contributed by atoms with Crippen molar-refractivity contribution in [2.45, 2.75) is 32.9 Å². The van der Waals surface area contributed by atoms with Crippen molar-refractivity contribution >= 4 is 11.4 Å². The van der Waals surface area contributed by atoms with Gasteiger partial charge in [0.15, 0.2) is 0 Å². The summed E-state index contributed by atoms with van der Waals surface area (Å²) in [7, 11) is 0. The molecule has 1 fully saturated rings. The average Bonchev–Trinajstić information content (AvgIpc) is 2.47. The number of nitrogens with two attached hydrogens (primary N) is 1. The molecule has 21 heavy (non-hydrogen) atoms. The first-order valence-corrected chi connectivity index (χ1v) is 7.50. The second kappa shape index (κ2) is 6.87. The molecule has 1 aromatic rings. The molecule has 2 rings (SSSR count). The van der Waals surface area contributed by atoms with Crippen molar-refractivity contribution in [3.8, 4) is 0 Å². The molecule has 1 unspecified atom stereocenters. The molecule has 0 radical (unpaired) electrons. The Morgan fingerprint density at radius 3 is 2.52 bits per heavy atom. The summed E-state index contributed by atoms with van der Waals surface area (Å²) in [6.07, 6.45) is 1.18. The van der Waals surface area contributed by atoms with Gasteiger partial charge in [-0.05, 0) is 25.0 Å². The van der Waals surface area contributed by atoms with Crippen molar-refractivity contribution in [1.82, 2.24) is 9.80 Å². The lowest BCUT2D eigenvalue weighted by Crippen LogP contribution is -2.48. The first kappa shape index (κ1) is 15.7. The summed E-state index contributed by atoms with van der Waals surface area (Å²) in [5.74, 6) is 0. The van der Waals surface area contributed by atoms with E-state index in [9.17, 15) is 10.1 Å². The molecule has 1 aliphatic rings. The molecule has 0 aliphatic carbocycles. The van der Waals surface area contributed by atoms with Crippen molar-refractivity contribution in [1.29, 1.82) is 0 Å². The quantitative estimate of drug-likeness (QED) is 0.511. The second-order valence-electron chi connectivity index (χ2n) is 5.72. The SMILES string of the molecule is CCC(C)N1CCN(Cc2ccc([N+](=O)[O-])c(N)c2)CC1. The molecular formula is C15H24N4O2. The monoisotopic (exact) mass is 292 g/mol. The summed E-state index contributed by atoms with van der Waals surface area (Å²) in [5.41, 5.74) is 7.01. The van der Waals surface area contributed by atoms with E-state index in [1.165, 1.54) is 12.5 Å². The van der Waals surface area contributed by atoms with Gasteiger partial charge in [0.25, 0.3) is 5.69 Å². The summed E-state index contributed by atoms with van der Waals surface area (Å²) in [6, 6.07) is 5.66. The normalized spacial score (nSPS) is 18.6. The zero-order valence-corrected chi connectivity index (χ0v) is 12.8. The maximum Gasteiger partial charge on any atom is 0.292 e. The second-order valence-corrected chi connectivity index (χ2v) is 5.72. The van der Waals surface area contributed by atoms with Crippen LogP contribution in [-0.4, -0.2) is 46.9 Å². The highest BCUT2D eigenvalue weighted by Gasteiger charge is 2.20. The molecule has 0 saturated carbocycles. The van der Waals surface area contributed by atoms with Gasteiger partial charge in [-0.25, -0.2) is 0 Å². The number of hydrogen-bond acceptors (Lipinski definition) is 5. The van der Waals surface area contributed by atoms with Gasteiger partial charge in [0.05, 0.1) is 4.92 Å². The number of nitrogen functional groups attached to an aromatic ring is 1. The van der Waals surface area contributed by atoms with Crippen LogP contribution in [0.3, 0.4) is 0 Å².